The minimum absolute atomic E-state index is 0.0792. The van der Waals surface area contributed by atoms with Crippen molar-refractivity contribution in [1.82, 2.24) is 4.90 Å². The number of hydrogen-bond acceptors (Lipinski definition) is 5. The van der Waals surface area contributed by atoms with Crippen LogP contribution in [0, 0.1) is 0 Å². The molecular weight excluding hydrogens is 224 g/mol. The Morgan fingerprint density at radius 2 is 1.94 bits per heavy atom. The smallest absolute Gasteiger partial charge is 0.325 e. The number of ether oxygens (including phenoxy) is 2. The molecule has 0 aliphatic carbocycles. The van der Waals surface area contributed by atoms with Gasteiger partial charge in [-0.3, -0.25) is 9.59 Å². The number of methoxy groups -OCH3 is 1. The molecule has 0 bridgehead atoms. The van der Waals surface area contributed by atoms with Crippen LogP contribution >= 0.6 is 0 Å². The van der Waals surface area contributed by atoms with Crippen LogP contribution in [0.15, 0.2) is 0 Å². The lowest BCUT2D eigenvalue weighted by Crippen LogP contribution is -2.49. The SMILES string of the molecule is CCOC(=O)CN(C(=O)C(CN)OC)C(C)C. The number of esters is 1. The number of rotatable bonds is 7. The first-order valence-electron chi connectivity index (χ1n) is 5.66. The number of carbonyl (C=O) groups is 2. The fourth-order valence-electron chi connectivity index (χ4n) is 1.34. The van der Waals surface area contributed by atoms with Crippen LogP contribution in [0.2, 0.25) is 0 Å². The van der Waals surface area contributed by atoms with E-state index in [-0.39, 0.29) is 25.0 Å². The summed E-state index contributed by atoms with van der Waals surface area (Å²) < 4.78 is 9.78. The Kier molecular flexibility index (Phi) is 7.49. The van der Waals surface area contributed by atoms with Crippen LogP contribution in [-0.4, -0.2) is 55.7 Å². The highest BCUT2D eigenvalue weighted by Gasteiger charge is 2.27. The van der Waals surface area contributed by atoms with E-state index in [1.807, 2.05) is 13.8 Å². The first kappa shape index (κ1) is 15.9. The minimum atomic E-state index is -0.716. The molecule has 1 amide bonds. The first-order chi connectivity index (χ1) is 7.97. The van der Waals surface area contributed by atoms with Crippen molar-refractivity contribution in [3.05, 3.63) is 0 Å². The fraction of sp³-hybridized carbons (Fsp3) is 0.818. The van der Waals surface area contributed by atoms with Gasteiger partial charge in [-0.05, 0) is 20.8 Å². The molecule has 6 nitrogen and oxygen atoms in total. The van der Waals surface area contributed by atoms with Crippen LogP contribution in [0.3, 0.4) is 0 Å². The molecule has 0 rings (SSSR count). The van der Waals surface area contributed by atoms with Crippen LogP contribution < -0.4 is 5.73 Å². The Hall–Kier alpha value is -1.14. The molecule has 100 valence electrons. The largest absolute Gasteiger partial charge is 0.465 e. The molecule has 0 radical (unpaired) electrons. The molecule has 0 aromatic rings. The molecule has 0 aliphatic rings. The zero-order chi connectivity index (χ0) is 13.4. The summed E-state index contributed by atoms with van der Waals surface area (Å²) in [5.74, 6) is -0.723. The molecule has 0 saturated carbocycles. The number of nitrogens with zero attached hydrogens (tertiary/aromatic N) is 1. The third kappa shape index (κ3) is 5.14. The molecule has 1 unspecified atom stereocenters. The van der Waals surface area contributed by atoms with Crippen molar-refractivity contribution in [2.24, 2.45) is 5.73 Å². The van der Waals surface area contributed by atoms with Gasteiger partial charge in [-0.1, -0.05) is 0 Å². The molecule has 6 heteroatoms. The van der Waals surface area contributed by atoms with Crippen molar-refractivity contribution in [2.75, 3.05) is 26.8 Å². The summed E-state index contributed by atoms with van der Waals surface area (Å²) >= 11 is 0. The highest BCUT2D eigenvalue weighted by molar-refractivity contribution is 5.85. The predicted octanol–water partition coefficient (Wildman–Crippen LogP) is -0.240. The average Bonchev–Trinajstić information content (AvgIpc) is 2.27. The van der Waals surface area contributed by atoms with Gasteiger partial charge in [0.05, 0.1) is 6.61 Å². The van der Waals surface area contributed by atoms with Crippen LogP contribution in [-0.2, 0) is 19.1 Å². The van der Waals surface area contributed by atoms with Crippen LogP contribution in [0.4, 0.5) is 0 Å². The van der Waals surface area contributed by atoms with Crippen LogP contribution in [0.1, 0.15) is 20.8 Å². The van der Waals surface area contributed by atoms with E-state index in [4.69, 9.17) is 15.2 Å². The van der Waals surface area contributed by atoms with Gasteiger partial charge in [0.1, 0.15) is 12.6 Å². The topological polar surface area (TPSA) is 81.9 Å². The van der Waals surface area contributed by atoms with Gasteiger partial charge in [-0.25, -0.2) is 0 Å². The first-order valence-corrected chi connectivity index (χ1v) is 5.66. The lowest BCUT2D eigenvalue weighted by molar-refractivity contribution is -0.154. The van der Waals surface area contributed by atoms with E-state index in [1.165, 1.54) is 12.0 Å². The number of amides is 1. The van der Waals surface area contributed by atoms with E-state index in [1.54, 1.807) is 6.92 Å². The van der Waals surface area contributed by atoms with E-state index in [2.05, 4.69) is 0 Å². The Labute approximate surface area is 102 Å². The summed E-state index contributed by atoms with van der Waals surface area (Å²) in [6.07, 6.45) is -0.716. The third-order valence-electron chi connectivity index (χ3n) is 2.29. The van der Waals surface area contributed by atoms with Crippen molar-refractivity contribution >= 4 is 11.9 Å². The second kappa shape index (κ2) is 8.03. The van der Waals surface area contributed by atoms with Gasteiger partial charge in [0.15, 0.2) is 0 Å². The summed E-state index contributed by atoms with van der Waals surface area (Å²) in [5.41, 5.74) is 5.42. The van der Waals surface area contributed by atoms with Gasteiger partial charge < -0.3 is 20.1 Å². The summed E-state index contributed by atoms with van der Waals surface area (Å²) in [7, 11) is 1.41. The summed E-state index contributed by atoms with van der Waals surface area (Å²) in [4.78, 5) is 24.8. The standard InChI is InChI=1S/C11H22N2O4/c1-5-17-10(14)7-13(8(2)3)11(15)9(6-12)16-4/h8-9H,5-7,12H2,1-4H3. The maximum absolute atomic E-state index is 12.0. The summed E-state index contributed by atoms with van der Waals surface area (Å²) in [6, 6.07) is -0.115. The molecule has 0 aromatic heterocycles. The quantitative estimate of drug-likeness (QED) is 0.627. The van der Waals surface area contributed by atoms with Crippen molar-refractivity contribution in [3.63, 3.8) is 0 Å². The van der Waals surface area contributed by atoms with Gasteiger partial charge in [-0.15, -0.1) is 0 Å². The van der Waals surface area contributed by atoms with Crippen molar-refractivity contribution in [1.29, 1.82) is 0 Å². The predicted molar refractivity (Wildman–Crippen MR) is 63.3 cm³/mol. The minimum Gasteiger partial charge on any atom is -0.465 e. The van der Waals surface area contributed by atoms with E-state index in [0.29, 0.717) is 6.61 Å². The van der Waals surface area contributed by atoms with E-state index >= 15 is 0 Å². The molecule has 0 saturated heterocycles. The lowest BCUT2D eigenvalue weighted by Gasteiger charge is -2.28. The molecule has 0 fully saturated rings. The molecule has 2 N–H and O–H groups in total. The van der Waals surface area contributed by atoms with Gasteiger partial charge >= 0.3 is 5.97 Å². The fourth-order valence-corrected chi connectivity index (χ4v) is 1.34. The van der Waals surface area contributed by atoms with Gasteiger partial charge in [0.2, 0.25) is 0 Å². The normalized spacial score (nSPS) is 12.4. The Morgan fingerprint density at radius 3 is 2.29 bits per heavy atom. The van der Waals surface area contributed by atoms with Gasteiger partial charge in [0.25, 0.3) is 5.91 Å². The lowest BCUT2D eigenvalue weighted by atomic mass is 10.2. The maximum Gasteiger partial charge on any atom is 0.325 e. The van der Waals surface area contributed by atoms with Gasteiger partial charge in [0, 0.05) is 19.7 Å². The molecule has 17 heavy (non-hydrogen) atoms. The van der Waals surface area contributed by atoms with Crippen LogP contribution in [0.5, 0.6) is 0 Å². The zero-order valence-corrected chi connectivity index (χ0v) is 10.9. The monoisotopic (exact) mass is 246 g/mol. The van der Waals surface area contributed by atoms with Crippen LogP contribution in [0.25, 0.3) is 0 Å². The Morgan fingerprint density at radius 1 is 1.35 bits per heavy atom. The Bertz CT molecular complexity index is 252. The van der Waals surface area contributed by atoms with Crippen molar-refractivity contribution in [3.8, 4) is 0 Å². The molecular formula is C11H22N2O4. The summed E-state index contributed by atoms with van der Waals surface area (Å²) in [5, 5.41) is 0. The summed E-state index contributed by atoms with van der Waals surface area (Å²) in [6.45, 7) is 5.66. The highest BCUT2D eigenvalue weighted by atomic mass is 16.5. The number of nitrogens with two attached hydrogens (primary N) is 1. The number of hydrogen-bond donors (Lipinski definition) is 1. The maximum atomic E-state index is 12.0. The Balaban J connectivity index is 4.62. The van der Waals surface area contributed by atoms with E-state index < -0.39 is 12.1 Å². The average molecular weight is 246 g/mol. The molecule has 0 heterocycles. The van der Waals surface area contributed by atoms with E-state index in [9.17, 15) is 9.59 Å². The second-order valence-corrected chi connectivity index (χ2v) is 3.82. The van der Waals surface area contributed by atoms with E-state index in [0.717, 1.165) is 0 Å². The molecule has 0 aromatic carbocycles. The zero-order valence-electron chi connectivity index (χ0n) is 10.9. The molecule has 0 aliphatic heterocycles. The van der Waals surface area contributed by atoms with Crippen molar-refractivity contribution in [2.45, 2.75) is 32.9 Å². The van der Waals surface area contributed by atoms with Gasteiger partial charge in [-0.2, -0.15) is 0 Å². The highest BCUT2D eigenvalue weighted by Crippen LogP contribution is 2.04. The third-order valence-corrected chi connectivity index (χ3v) is 2.29. The van der Waals surface area contributed by atoms with Crippen molar-refractivity contribution < 1.29 is 19.1 Å². The number of carbonyl (C=O) groups excluding carboxylic acids is 2. The molecule has 1 atom stereocenters. The molecule has 0 spiro atoms. The second-order valence-electron chi connectivity index (χ2n) is 3.82.